The molecule has 0 unspecified atom stereocenters. The molecule has 1 atom stereocenters. The van der Waals surface area contributed by atoms with Gasteiger partial charge in [-0.1, -0.05) is 20.8 Å². The number of hydrogen-bond donors (Lipinski definition) is 1. The molecular formula is C18H25F3N6O. The maximum atomic E-state index is 12.7. The van der Waals surface area contributed by atoms with Crippen LogP contribution in [-0.2, 0) is 16.8 Å². The van der Waals surface area contributed by atoms with Crippen molar-refractivity contribution in [1.82, 2.24) is 24.8 Å². The molecule has 2 aromatic rings. The van der Waals surface area contributed by atoms with E-state index < -0.39 is 12.6 Å². The van der Waals surface area contributed by atoms with Crippen LogP contribution < -0.4 is 10.2 Å². The molecule has 1 aliphatic heterocycles. The minimum absolute atomic E-state index is 0.00733. The highest BCUT2D eigenvalue weighted by Gasteiger charge is 2.31. The Kier molecular flexibility index (Phi) is 5.24. The molecule has 0 saturated carbocycles. The fraction of sp³-hybridized carbons (Fsp3) is 0.667. The van der Waals surface area contributed by atoms with Crippen LogP contribution in [0.15, 0.2) is 6.33 Å². The van der Waals surface area contributed by atoms with Crippen LogP contribution in [0, 0.1) is 0 Å². The zero-order valence-electron chi connectivity index (χ0n) is 16.5. The number of fused-ring (bicyclic) bond motifs is 1. The molecule has 7 nitrogen and oxygen atoms in total. The molecule has 2 aromatic heterocycles. The largest absolute Gasteiger partial charge is 0.390 e. The summed E-state index contributed by atoms with van der Waals surface area (Å²) in [4.78, 5) is 26.9. The van der Waals surface area contributed by atoms with Gasteiger partial charge in [-0.2, -0.15) is 13.2 Å². The van der Waals surface area contributed by atoms with E-state index in [1.807, 2.05) is 25.7 Å². The number of hydrogen-bond acceptors (Lipinski definition) is 5. The van der Waals surface area contributed by atoms with Crippen LogP contribution in [0.4, 0.5) is 19.0 Å². The number of nitrogens with one attached hydrogen (secondary N) is 1. The second-order valence-corrected chi connectivity index (χ2v) is 8.23. The lowest BCUT2D eigenvalue weighted by molar-refractivity contribution is -0.136. The predicted molar refractivity (Wildman–Crippen MR) is 99.1 cm³/mol. The summed E-state index contributed by atoms with van der Waals surface area (Å²) in [5.41, 5.74) is 0.513. The van der Waals surface area contributed by atoms with Crippen LogP contribution in [0.3, 0.4) is 0 Å². The molecule has 1 amide bonds. The van der Waals surface area contributed by atoms with E-state index in [9.17, 15) is 18.0 Å². The average Bonchev–Trinajstić information content (AvgIpc) is 3.16. The van der Waals surface area contributed by atoms with Crippen molar-refractivity contribution in [2.75, 3.05) is 18.0 Å². The number of anilines is 1. The zero-order chi connectivity index (χ0) is 20.7. The molecule has 0 aliphatic carbocycles. The second-order valence-electron chi connectivity index (χ2n) is 8.23. The summed E-state index contributed by atoms with van der Waals surface area (Å²) in [6.07, 6.45) is -3.04. The van der Waals surface area contributed by atoms with E-state index in [2.05, 4.69) is 15.3 Å². The number of alkyl halides is 3. The number of halogens is 3. The average molecular weight is 398 g/mol. The Balaban J connectivity index is 1.99. The van der Waals surface area contributed by atoms with Gasteiger partial charge in [0, 0.05) is 38.0 Å². The predicted octanol–water partition coefficient (Wildman–Crippen LogP) is 2.79. The van der Waals surface area contributed by atoms with Gasteiger partial charge >= 0.3 is 6.18 Å². The van der Waals surface area contributed by atoms with Crippen molar-refractivity contribution in [3.8, 4) is 0 Å². The molecule has 0 spiro atoms. The molecule has 0 radical (unpaired) electrons. The van der Waals surface area contributed by atoms with Crippen LogP contribution in [-0.4, -0.2) is 50.7 Å². The first-order valence-corrected chi connectivity index (χ1v) is 9.26. The number of aromatic nitrogens is 4. The number of nitrogens with zero attached hydrogens (tertiary/aromatic N) is 5. The van der Waals surface area contributed by atoms with Crippen LogP contribution in [0.25, 0.3) is 11.2 Å². The first kappa shape index (κ1) is 20.3. The highest BCUT2D eigenvalue weighted by atomic mass is 19.4. The third-order valence-corrected chi connectivity index (χ3v) is 4.65. The van der Waals surface area contributed by atoms with Gasteiger partial charge in [0.25, 0.3) is 0 Å². The Labute approximate surface area is 161 Å². The smallest absolute Gasteiger partial charge is 0.353 e. The summed E-state index contributed by atoms with van der Waals surface area (Å²) in [6.45, 7) is 8.36. The van der Waals surface area contributed by atoms with E-state index in [0.717, 1.165) is 6.42 Å². The van der Waals surface area contributed by atoms with Crippen molar-refractivity contribution < 1.29 is 18.0 Å². The molecule has 3 heterocycles. The molecule has 0 aromatic carbocycles. The lowest BCUT2D eigenvalue weighted by Crippen LogP contribution is -2.36. The molecular weight excluding hydrogens is 373 g/mol. The molecule has 1 N–H and O–H groups in total. The van der Waals surface area contributed by atoms with Crippen LogP contribution in [0.2, 0.25) is 0 Å². The molecule has 28 heavy (non-hydrogen) atoms. The Morgan fingerprint density at radius 3 is 2.61 bits per heavy atom. The Morgan fingerprint density at radius 1 is 1.29 bits per heavy atom. The Morgan fingerprint density at radius 2 is 2.00 bits per heavy atom. The van der Waals surface area contributed by atoms with Gasteiger partial charge in [0.05, 0.1) is 12.7 Å². The summed E-state index contributed by atoms with van der Waals surface area (Å²) in [7, 11) is 0. The zero-order valence-corrected chi connectivity index (χ0v) is 16.5. The minimum atomic E-state index is -4.25. The number of carbonyl (C=O) groups excluding carboxylic acids is 1. The fourth-order valence-electron chi connectivity index (χ4n) is 3.25. The monoisotopic (exact) mass is 398 g/mol. The normalized spacial score (nSPS) is 18.1. The van der Waals surface area contributed by atoms with Crippen molar-refractivity contribution in [2.45, 2.75) is 64.7 Å². The van der Waals surface area contributed by atoms with Gasteiger partial charge in [-0.3, -0.25) is 4.79 Å². The fourth-order valence-corrected chi connectivity index (χ4v) is 3.25. The lowest BCUT2D eigenvalue weighted by Gasteiger charge is -2.22. The Hall–Kier alpha value is -2.39. The number of rotatable bonds is 4. The van der Waals surface area contributed by atoms with Gasteiger partial charge < -0.3 is 14.8 Å². The third kappa shape index (κ3) is 4.53. The van der Waals surface area contributed by atoms with Crippen molar-refractivity contribution in [2.24, 2.45) is 0 Å². The third-order valence-electron chi connectivity index (χ3n) is 4.65. The highest BCUT2D eigenvalue weighted by Crippen LogP contribution is 2.30. The standard InChI is InChI=1S/C18H25F3N6O/c1-11(28)23-12-5-7-26(9-12)14-13-15(25-16(24-14)17(2,3)4)27(10-22-13)8-6-18(19,20)21/h10,12H,5-9H2,1-4H3,(H,23,28)/t12-/m0/s1. The van der Waals surface area contributed by atoms with Gasteiger partial charge in [-0.15, -0.1) is 0 Å². The van der Waals surface area contributed by atoms with Crippen molar-refractivity contribution in [1.29, 1.82) is 0 Å². The molecule has 1 aliphatic rings. The number of imidazole rings is 1. The van der Waals surface area contributed by atoms with Gasteiger partial charge in [0.1, 0.15) is 5.82 Å². The summed E-state index contributed by atoms with van der Waals surface area (Å²) in [6, 6.07) is 0.00733. The molecule has 1 fully saturated rings. The quantitative estimate of drug-likeness (QED) is 0.857. The SMILES string of the molecule is CC(=O)N[C@H]1CCN(c2nc(C(C)(C)C)nc3c2ncn3CCC(F)(F)F)C1. The molecule has 10 heteroatoms. The van der Waals surface area contributed by atoms with Crippen molar-refractivity contribution in [3.63, 3.8) is 0 Å². The molecule has 1 saturated heterocycles. The van der Waals surface area contributed by atoms with Gasteiger partial charge in [0.15, 0.2) is 17.0 Å². The number of carbonyl (C=O) groups is 1. The topological polar surface area (TPSA) is 75.9 Å². The van der Waals surface area contributed by atoms with Gasteiger partial charge in [0.2, 0.25) is 5.91 Å². The highest BCUT2D eigenvalue weighted by molar-refractivity contribution is 5.84. The molecule has 154 valence electrons. The second kappa shape index (κ2) is 7.21. The maximum Gasteiger partial charge on any atom is 0.390 e. The van der Waals surface area contributed by atoms with Crippen molar-refractivity contribution >= 4 is 22.9 Å². The van der Waals surface area contributed by atoms with Crippen molar-refractivity contribution in [3.05, 3.63) is 12.2 Å². The van der Waals surface area contributed by atoms with E-state index >= 15 is 0 Å². The van der Waals surface area contributed by atoms with E-state index in [0.29, 0.717) is 35.9 Å². The minimum Gasteiger partial charge on any atom is -0.353 e. The number of aryl methyl sites for hydroxylation is 1. The first-order chi connectivity index (χ1) is 12.9. The van der Waals surface area contributed by atoms with Gasteiger partial charge in [-0.25, -0.2) is 15.0 Å². The summed E-state index contributed by atoms with van der Waals surface area (Å²) < 4.78 is 39.5. The van der Waals surface area contributed by atoms with E-state index in [4.69, 9.17) is 4.98 Å². The van der Waals surface area contributed by atoms with Crippen LogP contribution >= 0.6 is 0 Å². The summed E-state index contributed by atoms with van der Waals surface area (Å²) in [5, 5.41) is 2.90. The van der Waals surface area contributed by atoms with E-state index in [1.165, 1.54) is 17.8 Å². The Bertz CT molecular complexity index is 871. The summed E-state index contributed by atoms with van der Waals surface area (Å²) >= 11 is 0. The first-order valence-electron chi connectivity index (χ1n) is 9.26. The van der Waals surface area contributed by atoms with Gasteiger partial charge in [-0.05, 0) is 6.42 Å². The molecule has 0 bridgehead atoms. The van der Waals surface area contributed by atoms with E-state index in [-0.39, 0.29) is 23.9 Å². The maximum absolute atomic E-state index is 12.7. The molecule has 3 rings (SSSR count). The number of amides is 1. The lowest BCUT2D eigenvalue weighted by atomic mass is 9.96. The van der Waals surface area contributed by atoms with Crippen LogP contribution in [0.1, 0.15) is 46.4 Å². The van der Waals surface area contributed by atoms with Crippen LogP contribution in [0.5, 0.6) is 0 Å². The summed E-state index contributed by atoms with van der Waals surface area (Å²) in [5.74, 6) is 1.06. The van der Waals surface area contributed by atoms with E-state index in [1.54, 1.807) is 0 Å².